The average molecular weight is 446 g/mol. The topological polar surface area (TPSA) is 84.8 Å². The van der Waals surface area contributed by atoms with E-state index >= 15 is 0 Å². The van der Waals surface area contributed by atoms with Crippen LogP contribution in [0.2, 0.25) is 0 Å². The van der Waals surface area contributed by atoms with Crippen molar-refractivity contribution < 1.29 is 9.53 Å². The second kappa shape index (κ2) is 10.0. The van der Waals surface area contributed by atoms with Crippen LogP contribution in [0.3, 0.4) is 0 Å². The molecule has 0 aliphatic rings. The van der Waals surface area contributed by atoms with Crippen molar-refractivity contribution >= 4 is 23.9 Å². The fourth-order valence-corrected chi connectivity index (χ4v) is 3.52. The van der Waals surface area contributed by atoms with Crippen molar-refractivity contribution in [2.45, 2.75) is 19.9 Å². The number of benzene rings is 2. The predicted octanol–water partition coefficient (Wildman–Crippen LogP) is 5.10. The Morgan fingerprint density at radius 1 is 1.03 bits per heavy atom. The summed E-state index contributed by atoms with van der Waals surface area (Å²) in [6.45, 7) is 2.94. The molecule has 2 N–H and O–H groups in total. The molecule has 2 heterocycles. The van der Waals surface area contributed by atoms with Gasteiger partial charge < -0.3 is 10.1 Å². The first-order valence-electron chi connectivity index (χ1n) is 10.3. The summed E-state index contributed by atoms with van der Waals surface area (Å²) in [4.78, 5) is 16.8. The summed E-state index contributed by atoms with van der Waals surface area (Å²) in [5.41, 5.74) is 2.96. The third-order valence-electron chi connectivity index (χ3n) is 4.88. The van der Waals surface area contributed by atoms with Gasteiger partial charge in [-0.15, -0.1) is 0 Å². The van der Waals surface area contributed by atoms with E-state index in [2.05, 4.69) is 20.5 Å². The van der Waals surface area contributed by atoms with Gasteiger partial charge >= 0.3 is 0 Å². The zero-order chi connectivity index (χ0) is 22.3. The van der Waals surface area contributed by atoms with Gasteiger partial charge in [-0.3, -0.25) is 14.5 Å². The van der Waals surface area contributed by atoms with Crippen LogP contribution in [0.4, 0.5) is 5.82 Å². The van der Waals surface area contributed by atoms with Gasteiger partial charge in [0.2, 0.25) is 5.91 Å². The number of hydrogen-bond donors (Lipinski definition) is 2. The van der Waals surface area contributed by atoms with E-state index in [9.17, 15) is 4.79 Å². The quantitative estimate of drug-likeness (QED) is 0.369. The summed E-state index contributed by atoms with van der Waals surface area (Å²) >= 11 is 5.36. The number of aromatic nitrogens is 4. The largest absolute Gasteiger partial charge is 0.494 e. The van der Waals surface area contributed by atoms with Crippen LogP contribution in [0, 0.1) is 4.77 Å². The monoisotopic (exact) mass is 445 g/mol. The molecule has 4 rings (SSSR count). The van der Waals surface area contributed by atoms with Gasteiger partial charge in [-0.25, -0.2) is 4.98 Å². The Kier molecular flexibility index (Phi) is 6.72. The Morgan fingerprint density at radius 3 is 2.47 bits per heavy atom. The number of pyridine rings is 1. The number of anilines is 1. The van der Waals surface area contributed by atoms with Crippen molar-refractivity contribution in [1.29, 1.82) is 0 Å². The summed E-state index contributed by atoms with van der Waals surface area (Å²) in [6, 6.07) is 21.3. The van der Waals surface area contributed by atoms with Gasteiger partial charge in [-0.05, 0) is 61.1 Å². The van der Waals surface area contributed by atoms with E-state index < -0.39 is 0 Å². The van der Waals surface area contributed by atoms with Crippen molar-refractivity contribution in [2.75, 3.05) is 11.9 Å². The average Bonchev–Trinajstić information content (AvgIpc) is 3.20. The molecule has 0 saturated heterocycles. The third kappa shape index (κ3) is 5.09. The van der Waals surface area contributed by atoms with E-state index in [0.717, 1.165) is 22.4 Å². The van der Waals surface area contributed by atoms with E-state index in [0.29, 0.717) is 29.6 Å². The van der Waals surface area contributed by atoms with Gasteiger partial charge in [0.1, 0.15) is 11.6 Å². The summed E-state index contributed by atoms with van der Waals surface area (Å²) in [5.74, 6) is 1.83. The first-order chi connectivity index (χ1) is 15.6. The summed E-state index contributed by atoms with van der Waals surface area (Å²) < 4.78 is 7.77. The number of hydrogen-bond acceptors (Lipinski definition) is 5. The molecule has 0 fully saturated rings. The van der Waals surface area contributed by atoms with E-state index in [4.69, 9.17) is 17.0 Å². The number of nitrogens with zero attached hydrogens (tertiary/aromatic N) is 3. The molecule has 4 aromatic rings. The molecule has 2 aromatic heterocycles. The van der Waals surface area contributed by atoms with Crippen LogP contribution in [0.1, 0.15) is 13.3 Å². The third-order valence-corrected chi connectivity index (χ3v) is 5.19. The first-order valence-corrected chi connectivity index (χ1v) is 10.7. The SMILES string of the molecule is CCOc1ccc(-c2n[nH]c(=S)n2CCC(=O)Nc2ccc(-c3ccccc3)cn2)cc1. The molecule has 0 unspecified atom stereocenters. The highest BCUT2D eigenvalue weighted by Crippen LogP contribution is 2.22. The van der Waals surface area contributed by atoms with Crippen molar-refractivity contribution in [3.05, 3.63) is 77.7 Å². The lowest BCUT2D eigenvalue weighted by Crippen LogP contribution is -2.15. The molecule has 0 aliphatic carbocycles. The molecule has 0 aliphatic heterocycles. The molecule has 162 valence electrons. The van der Waals surface area contributed by atoms with Crippen LogP contribution in [-0.4, -0.2) is 32.3 Å². The molecule has 0 saturated carbocycles. The lowest BCUT2D eigenvalue weighted by molar-refractivity contribution is -0.116. The summed E-state index contributed by atoms with van der Waals surface area (Å²) in [5, 5.41) is 9.97. The van der Waals surface area contributed by atoms with E-state index in [-0.39, 0.29) is 12.3 Å². The van der Waals surface area contributed by atoms with Gasteiger partial charge in [0.25, 0.3) is 0 Å². The minimum absolute atomic E-state index is 0.147. The Bertz CT molecular complexity index is 1230. The molecule has 0 radical (unpaired) electrons. The van der Waals surface area contributed by atoms with Crippen LogP contribution < -0.4 is 10.1 Å². The number of carbonyl (C=O) groups is 1. The molecule has 1 amide bonds. The van der Waals surface area contributed by atoms with E-state index in [1.54, 1.807) is 12.3 Å². The first kappa shape index (κ1) is 21.5. The molecule has 2 aromatic carbocycles. The van der Waals surface area contributed by atoms with E-state index in [1.807, 2.05) is 72.2 Å². The van der Waals surface area contributed by atoms with Gasteiger partial charge in [0.05, 0.1) is 6.61 Å². The zero-order valence-electron chi connectivity index (χ0n) is 17.6. The second-order valence-electron chi connectivity index (χ2n) is 7.06. The van der Waals surface area contributed by atoms with Crippen LogP contribution in [-0.2, 0) is 11.3 Å². The maximum atomic E-state index is 12.5. The van der Waals surface area contributed by atoms with Crippen molar-refractivity contribution in [3.63, 3.8) is 0 Å². The van der Waals surface area contributed by atoms with Gasteiger partial charge in [-0.2, -0.15) is 5.10 Å². The zero-order valence-corrected chi connectivity index (χ0v) is 18.4. The maximum absolute atomic E-state index is 12.5. The molecule has 0 atom stereocenters. The van der Waals surface area contributed by atoms with Crippen molar-refractivity contribution in [1.82, 2.24) is 19.7 Å². The number of amides is 1. The predicted molar refractivity (Wildman–Crippen MR) is 127 cm³/mol. The summed E-state index contributed by atoms with van der Waals surface area (Å²) in [6.07, 6.45) is 1.99. The molecule has 0 spiro atoms. The Morgan fingerprint density at radius 2 is 1.78 bits per heavy atom. The van der Waals surface area contributed by atoms with Crippen LogP contribution in [0.15, 0.2) is 72.9 Å². The normalized spacial score (nSPS) is 10.7. The fraction of sp³-hybridized carbons (Fsp3) is 0.167. The number of carbonyl (C=O) groups excluding carboxylic acids is 1. The highest BCUT2D eigenvalue weighted by molar-refractivity contribution is 7.71. The Labute approximate surface area is 191 Å². The Hall–Kier alpha value is -3.78. The second-order valence-corrected chi connectivity index (χ2v) is 7.44. The van der Waals surface area contributed by atoms with Crippen molar-refractivity contribution in [3.8, 4) is 28.3 Å². The van der Waals surface area contributed by atoms with E-state index in [1.165, 1.54) is 0 Å². The lowest BCUT2D eigenvalue weighted by Gasteiger charge is -2.09. The van der Waals surface area contributed by atoms with Gasteiger partial charge in [-0.1, -0.05) is 30.3 Å². The fourth-order valence-electron chi connectivity index (χ4n) is 3.30. The maximum Gasteiger partial charge on any atom is 0.227 e. The van der Waals surface area contributed by atoms with Crippen LogP contribution in [0.25, 0.3) is 22.5 Å². The number of nitrogens with one attached hydrogen (secondary N) is 2. The highest BCUT2D eigenvalue weighted by atomic mass is 32.1. The molecule has 8 heteroatoms. The highest BCUT2D eigenvalue weighted by Gasteiger charge is 2.12. The number of H-pyrrole nitrogens is 1. The standard InChI is InChI=1S/C24H23N5O2S/c1-2-31-20-11-8-18(9-12-20)23-27-28-24(32)29(23)15-14-22(30)26-21-13-10-19(16-25-21)17-6-4-3-5-7-17/h3-13,16H,2,14-15H2,1H3,(H,28,32)(H,25,26,30). The number of aromatic amines is 1. The number of ether oxygens (including phenoxy) is 1. The smallest absolute Gasteiger partial charge is 0.227 e. The minimum atomic E-state index is -0.147. The molecular weight excluding hydrogens is 422 g/mol. The van der Waals surface area contributed by atoms with Gasteiger partial charge in [0.15, 0.2) is 10.6 Å². The van der Waals surface area contributed by atoms with Crippen LogP contribution >= 0.6 is 12.2 Å². The van der Waals surface area contributed by atoms with Gasteiger partial charge in [0, 0.05) is 30.3 Å². The minimum Gasteiger partial charge on any atom is -0.494 e. The Balaban J connectivity index is 1.39. The summed E-state index contributed by atoms with van der Waals surface area (Å²) in [7, 11) is 0. The molecular formula is C24H23N5O2S. The molecule has 32 heavy (non-hydrogen) atoms. The van der Waals surface area contributed by atoms with Crippen molar-refractivity contribution in [2.24, 2.45) is 0 Å². The molecule has 7 nitrogen and oxygen atoms in total. The lowest BCUT2D eigenvalue weighted by atomic mass is 10.1. The molecule has 0 bridgehead atoms. The number of rotatable bonds is 8. The van der Waals surface area contributed by atoms with Crippen LogP contribution in [0.5, 0.6) is 5.75 Å².